The van der Waals surface area contributed by atoms with Gasteiger partial charge in [0.2, 0.25) is 5.28 Å². The van der Waals surface area contributed by atoms with Gasteiger partial charge in [-0.15, -0.1) is 0 Å². The fourth-order valence-corrected chi connectivity index (χ4v) is 1.26. The number of nitrogen functional groups attached to an aromatic ring is 1. The molecule has 16 heavy (non-hydrogen) atoms. The van der Waals surface area contributed by atoms with Crippen molar-refractivity contribution in [3.05, 3.63) is 11.0 Å². The van der Waals surface area contributed by atoms with Crippen molar-refractivity contribution in [1.82, 2.24) is 9.97 Å². The Hall–Kier alpha value is -1.07. The van der Waals surface area contributed by atoms with Crippen molar-refractivity contribution in [2.24, 2.45) is 0 Å². The summed E-state index contributed by atoms with van der Waals surface area (Å²) in [5.41, 5.74) is 6.72. The van der Waals surface area contributed by atoms with Crippen LogP contribution in [0, 0.1) is 6.92 Å². The maximum Gasteiger partial charge on any atom is 0.224 e. The lowest BCUT2D eigenvalue weighted by atomic mass is 10.1. The summed E-state index contributed by atoms with van der Waals surface area (Å²) < 4.78 is 5.28. The molecular formula is C10H17ClN4O. The van der Waals surface area contributed by atoms with E-state index in [9.17, 15) is 0 Å². The number of aryl methyl sites for hydroxylation is 1. The Labute approximate surface area is 100 Å². The molecule has 90 valence electrons. The van der Waals surface area contributed by atoms with Gasteiger partial charge in [0, 0.05) is 13.7 Å². The summed E-state index contributed by atoms with van der Waals surface area (Å²) in [5, 5.41) is 3.28. The quantitative estimate of drug-likeness (QED) is 0.791. The van der Waals surface area contributed by atoms with Gasteiger partial charge in [-0.1, -0.05) is 0 Å². The van der Waals surface area contributed by atoms with Crippen molar-refractivity contribution in [3.8, 4) is 0 Å². The van der Waals surface area contributed by atoms with Crippen LogP contribution >= 0.6 is 11.6 Å². The summed E-state index contributed by atoms with van der Waals surface area (Å²) in [5.74, 6) is 0.544. The van der Waals surface area contributed by atoms with E-state index >= 15 is 0 Å². The highest BCUT2D eigenvalue weighted by atomic mass is 35.5. The third-order valence-corrected chi connectivity index (χ3v) is 2.51. The topological polar surface area (TPSA) is 73.1 Å². The molecule has 0 aliphatic rings. The molecule has 5 nitrogen and oxygen atoms in total. The van der Waals surface area contributed by atoms with Crippen molar-refractivity contribution in [1.29, 1.82) is 0 Å². The molecule has 0 radical (unpaired) electrons. The van der Waals surface area contributed by atoms with Gasteiger partial charge in [0.25, 0.3) is 0 Å². The summed E-state index contributed by atoms with van der Waals surface area (Å²) in [4.78, 5) is 7.99. The summed E-state index contributed by atoms with van der Waals surface area (Å²) in [6.07, 6.45) is 0. The van der Waals surface area contributed by atoms with Crippen LogP contribution in [0.15, 0.2) is 0 Å². The number of ether oxygens (including phenoxy) is 1. The van der Waals surface area contributed by atoms with E-state index < -0.39 is 0 Å². The van der Waals surface area contributed by atoms with Gasteiger partial charge in [-0.25, -0.2) is 4.98 Å². The predicted octanol–water partition coefficient (Wildman–Crippen LogP) is 1.86. The first-order chi connectivity index (χ1) is 7.35. The second kappa shape index (κ2) is 4.84. The lowest BCUT2D eigenvalue weighted by Crippen LogP contribution is -2.32. The van der Waals surface area contributed by atoms with Gasteiger partial charge in [-0.3, -0.25) is 0 Å². The Kier molecular flexibility index (Phi) is 3.93. The highest BCUT2D eigenvalue weighted by molar-refractivity contribution is 6.28. The summed E-state index contributed by atoms with van der Waals surface area (Å²) in [6, 6.07) is 0. The van der Waals surface area contributed by atoms with E-state index in [0.29, 0.717) is 23.7 Å². The Morgan fingerprint density at radius 3 is 2.62 bits per heavy atom. The van der Waals surface area contributed by atoms with E-state index in [1.54, 1.807) is 14.0 Å². The monoisotopic (exact) mass is 244 g/mol. The van der Waals surface area contributed by atoms with Crippen LogP contribution in [0.2, 0.25) is 5.28 Å². The number of nitrogens with zero attached hydrogens (tertiary/aromatic N) is 2. The molecule has 0 aliphatic heterocycles. The minimum absolute atomic E-state index is 0.185. The molecule has 1 aromatic rings. The molecule has 0 unspecified atom stereocenters. The second-order valence-electron chi connectivity index (χ2n) is 4.16. The molecule has 0 amide bonds. The first-order valence-corrected chi connectivity index (χ1v) is 5.32. The second-order valence-corrected chi connectivity index (χ2v) is 4.50. The molecule has 1 aromatic heterocycles. The van der Waals surface area contributed by atoms with Gasteiger partial charge in [0.15, 0.2) is 5.82 Å². The standard InChI is InChI=1S/C10H17ClN4O/c1-6-7(12)8(15-9(11)14-6)13-5-10(2,3)16-4/h5,12H2,1-4H3,(H,13,14,15). The van der Waals surface area contributed by atoms with E-state index in [1.807, 2.05) is 13.8 Å². The van der Waals surface area contributed by atoms with Crippen LogP contribution in [0.25, 0.3) is 0 Å². The molecule has 6 heteroatoms. The number of rotatable bonds is 4. The van der Waals surface area contributed by atoms with Crippen LogP contribution in [0.3, 0.4) is 0 Å². The number of nitrogens with two attached hydrogens (primary N) is 1. The SMILES string of the molecule is COC(C)(C)CNc1nc(Cl)nc(C)c1N. The normalized spacial score (nSPS) is 11.6. The van der Waals surface area contributed by atoms with Crippen LogP contribution in [0.1, 0.15) is 19.5 Å². The van der Waals surface area contributed by atoms with E-state index in [2.05, 4.69) is 15.3 Å². The van der Waals surface area contributed by atoms with E-state index in [0.717, 1.165) is 0 Å². The van der Waals surface area contributed by atoms with Crippen LogP contribution in [0.4, 0.5) is 11.5 Å². The minimum Gasteiger partial charge on any atom is -0.394 e. The Morgan fingerprint density at radius 1 is 1.44 bits per heavy atom. The third-order valence-electron chi connectivity index (χ3n) is 2.34. The molecule has 0 bridgehead atoms. The maximum absolute atomic E-state index is 5.84. The lowest BCUT2D eigenvalue weighted by Gasteiger charge is -2.23. The van der Waals surface area contributed by atoms with Crippen LogP contribution in [-0.2, 0) is 4.74 Å². The highest BCUT2D eigenvalue weighted by Crippen LogP contribution is 2.21. The van der Waals surface area contributed by atoms with Gasteiger partial charge in [-0.05, 0) is 32.4 Å². The van der Waals surface area contributed by atoms with Gasteiger partial charge in [0.1, 0.15) is 0 Å². The summed E-state index contributed by atoms with van der Waals surface area (Å²) in [6.45, 7) is 6.30. The van der Waals surface area contributed by atoms with Crippen LogP contribution in [-0.4, -0.2) is 29.2 Å². The fourth-order valence-electron chi connectivity index (χ4n) is 1.05. The number of hydrogen-bond acceptors (Lipinski definition) is 5. The largest absolute Gasteiger partial charge is 0.394 e. The minimum atomic E-state index is -0.294. The number of anilines is 2. The van der Waals surface area contributed by atoms with Crippen molar-refractivity contribution in [2.75, 3.05) is 24.7 Å². The molecule has 0 atom stereocenters. The number of methoxy groups -OCH3 is 1. The van der Waals surface area contributed by atoms with Crippen molar-refractivity contribution in [3.63, 3.8) is 0 Å². The maximum atomic E-state index is 5.84. The highest BCUT2D eigenvalue weighted by Gasteiger charge is 2.17. The third kappa shape index (κ3) is 3.21. The number of hydrogen-bond donors (Lipinski definition) is 2. The average Bonchev–Trinajstić information content (AvgIpc) is 2.21. The molecule has 3 N–H and O–H groups in total. The molecule has 1 heterocycles. The van der Waals surface area contributed by atoms with Crippen molar-refractivity contribution in [2.45, 2.75) is 26.4 Å². The van der Waals surface area contributed by atoms with Crippen molar-refractivity contribution >= 4 is 23.1 Å². The van der Waals surface area contributed by atoms with Crippen LogP contribution < -0.4 is 11.1 Å². The summed E-state index contributed by atoms with van der Waals surface area (Å²) >= 11 is 5.76. The zero-order chi connectivity index (χ0) is 12.3. The molecule has 0 aliphatic carbocycles. The van der Waals surface area contributed by atoms with Crippen molar-refractivity contribution < 1.29 is 4.74 Å². The Morgan fingerprint density at radius 2 is 2.06 bits per heavy atom. The average molecular weight is 245 g/mol. The first kappa shape index (κ1) is 13.0. The fraction of sp³-hybridized carbons (Fsp3) is 0.600. The van der Waals surface area contributed by atoms with Crippen LogP contribution in [0.5, 0.6) is 0 Å². The predicted molar refractivity (Wildman–Crippen MR) is 65.8 cm³/mol. The molecule has 0 saturated heterocycles. The Balaban J connectivity index is 2.82. The first-order valence-electron chi connectivity index (χ1n) is 4.94. The molecule has 0 aromatic carbocycles. The lowest BCUT2D eigenvalue weighted by molar-refractivity contribution is 0.0343. The Bertz CT molecular complexity index is 381. The van der Waals surface area contributed by atoms with Gasteiger partial charge < -0.3 is 15.8 Å². The van der Waals surface area contributed by atoms with Gasteiger partial charge in [-0.2, -0.15) is 4.98 Å². The molecule has 0 fully saturated rings. The van der Waals surface area contributed by atoms with E-state index in [-0.39, 0.29) is 10.9 Å². The zero-order valence-electron chi connectivity index (χ0n) is 9.97. The summed E-state index contributed by atoms with van der Waals surface area (Å²) in [7, 11) is 1.66. The molecule has 0 spiro atoms. The number of nitrogens with one attached hydrogen (secondary N) is 1. The van der Waals surface area contributed by atoms with E-state index in [4.69, 9.17) is 22.1 Å². The molecule has 0 saturated carbocycles. The van der Waals surface area contributed by atoms with Gasteiger partial charge >= 0.3 is 0 Å². The van der Waals surface area contributed by atoms with E-state index in [1.165, 1.54) is 0 Å². The zero-order valence-corrected chi connectivity index (χ0v) is 10.7. The molecular weight excluding hydrogens is 228 g/mol. The number of halogens is 1. The smallest absolute Gasteiger partial charge is 0.224 e. The molecule has 1 rings (SSSR count). The number of aromatic nitrogens is 2. The van der Waals surface area contributed by atoms with Gasteiger partial charge in [0.05, 0.1) is 17.0 Å².